The third kappa shape index (κ3) is 3.04. The number of amides is 1. The lowest BCUT2D eigenvalue weighted by Crippen LogP contribution is -2.49. The molecule has 2 atom stereocenters. The maximum Gasteiger partial charge on any atom is 0.224 e. The number of piperidine rings is 1. The minimum Gasteiger partial charge on any atom is -0.355 e. The van der Waals surface area contributed by atoms with Gasteiger partial charge in [0.25, 0.3) is 0 Å². The van der Waals surface area contributed by atoms with Crippen molar-refractivity contribution in [3.05, 3.63) is 0 Å². The second kappa shape index (κ2) is 5.57. The van der Waals surface area contributed by atoms with E-state index in [0.29, 0.717) is 24.5 Å². The fraction of sp³-hybridized carbons (Fsp3) is 0.929. The molecule has 0 aromatic rings. The van der Waals surface area contributed by atoms with Gasteiger partial charge in [-0.2, -0.15) is 0 Å². The van der Waals surface area contributed by atoms with E-state index in [1.807, 2.05) is 0 Å². The first-order valence-electron chi connectivity index (χ1n) is 7.28. The molecule has 2 unspecified atom stereocenters. The highest BCUT2D eigenvalue weighted by Crippen LogP contribution is 2.50. The van der Waals surface area contributed by atoms with Gasteiger partial charge >= 0.3 is 0 Å². The molecule has 1 aliphatic carbocycles. The summed E-state index contributed by atoms with van der Waals surface area (Å²) in [7, 11) is 0. The van der Waals surface area contributed by atoms with Gasteiger partial charge in [-0.15, -0.1) is 0 Å². The van der Waals surface area contributed by atoms with Gasteiger partial charge in [0.15, 0.2) is 0 Å². The van der Waals surface area contributed by atoms with Crippen molar-refractivity contribution < 1.29 is 4.79 Å². The Morgan fingerprint density at radius 3 is 2.89 bits per heavy atom. The highest BCUT2D eigenvalue weighted by atomic mass is 16.1. The van der Waals surface area contributed by atoms with Crippen molar-refractivity contribution in [2.45, 2.75) is 45.6 Å². The van der Waals surface area contributed by atoms with Gasteiger partial charge in [0.1, 0.15) is 0 Å². The standard InChI is InChI=1S/C14H27N3O/c1-11(14(2)5-6-14)17-9-3-4-12(10-17)13(18)16-8-7-15/h11-12H,3-10,15H2,1-2H3,(H,16,18). The number of carbonyl (C=O) groups is 1. The van der Waals surface area contributed by atoms with Crippen LogP contribution in [-0.2, 0) is 4.79 Å². The van der Waals surface area contributed by atoms with Crippen LogP contribution >= 0.6 is 0 Å². The number of nitrogens with one attached hydrogen (secondary N) is 1. The van der Waals surface area contributed by atoms with Crippen LogP contribution < -0.4 is 11.1 Å². The predicted molar refractivity (Wildman–Crippen MR) is 73.2 cm³/mol. The summed E-state index contributed by atoms with van der Waals surface area (Å²) in [5, 5.41) is 2.93. The Bertz CT molecular complexity index is 301. The minimum absolute atomic E-state index is 0.162. The summed E-state index contributed by atoms with van der Waals surface area (Å²) in [5.41, 5.74) is 5.93. The molecule has 1 saturated heterocycles. The second-order valence-corrected chi connectivity index (χ2v) is 6.24. The topological polar surface area (TPSA) is 58.4 Å². The van der Waals surface area contributed by atoms with Crippen LogP contribution in [0, 0.1) is 11.3 Å². The van der Waals surface area contributed by atoms with Gasteiger partial charge in [-0.25, -0.2) is 0 Å². The summed E-state index contributed by atoms with van der Waals surface area (Å²) in [6.45, 7) is 7.90. The van der Waals surface area contributed by atoms with Gasteiger partial charge in [0.2, 0.25) is 5.91 Å². The fourth-order valence-corrected chi connectivity index (χ4v) is 2.97. The number of carbonyl (C=O) groups excluding carboxylic acids is 1. The lowest BCUT2D eigenvalue weighted by atomic mass is 9.92. The quantitative estimate of drug-likeness (QED) is 0.767. The van der Waals surface area contributed by atoms with Gasteiger partial charge in [-0.1, -0.05) is 6.92 Å². The van der Waals surface area contributed by atoms with Crippen molar-refractivity contribution >= 4 is 5.91 Å². The van der Waals surface area contributed by atoms with Crippen molar-refractivity contribution in [3.63, 3.8) is 0 Å². The van der Waals surface area contributed by atoms with Gasteiger partial charge in [0, 0.05) is 25.7 Å². The number of nitrogens with two attached hydrogens (primary N) is 1. The lowest BCUT2D eigenvalue weighted by molar-refractivity contribution is -0.127. The Morgan fingerprint density at radius 1 is 1.56 bits per heavy atom. The van der Waals surface area contributed by atoms with Crippen molar-refractivity contribution in [2.24, 2.45) is 17.1 Å². The molecule has 3 N–H and O–H groups in total. The second-order valence-electron chi connectivity index (χ2n) is 6.24. The van der Waals surface area contributed by atoms with E-state index >= 15 is 0 Å². The molecule has 4 nitrogen and oxygen atoms in total. The van der Waals surface area contributed by atoms with Crippen molar-refractivity contribution in [1.82, 2.24) is 10.2 Å². The summed E-state index contributed by atoms with van der Waals surface area (Å²) in [6, 6.07) is 0.614. The largest absolute Gasteiger partial charge is 0.355 e. The van der Waals surface area contributed by atoms with Crippen LogP contribution in [0.5, 0.6) is 0 Å². The smallest absolute Gasteiger partial charge is 0.224 e. The van der Waals surface area contributed by atoms with Crippen LogP contribution in [0.25, 0.3) is 0 Å². The highest BCUT2D eigenvalue weighted by molar-refractivity contribution is 5.78. The third-order valence-electron chi connectivity index (χ3n) is 4.86. The maximum atomic E-state index is 12.0. The summed E-state index contributed by atoms with van der Waals surface area (Å²) in [4.78, 5) is 14.5. The van der Waals surface area contributed by atoms with Crippen LogP contribution in [0.3, 0.4) is 0 Å². The Morgan fingerprint density at radius 2 is 2.28 bits per heavy atom. The van der Waals surface area contributed by atoms with Crippen molar-refractivity contribution in [2.75, 3.05) is 26.2 Å². The molecular weight excluding hydrogens is 226 g/mol. The van der Waals surface area contributed by atoms with E-state index in [0.717, 1.165) is 25.9 Å². The molecule has 0 spiro atoms. The van der Waals surface area contributed by atoms with Gasteiger partial charge in [-0.3, -0.25) is 9.69 Å². The molecule has 4 heteroatoms. The molecule has 0 aromatic carbocycles. The molecule has 2 rings (SSSR count). The fourth-order valence-electron chi connectivity index (χ4n) is 2.97. The summed E-state index contributed by atoms with van der Waals surface area (Å²) < 4.78 is 0. The Hall–Kier alpha value is -0.610. The van der Waals surface area contributed by atoms with Crippen LogP contribution in [-0.4, -0.2) is 43.0 Å². The summed E-state index contributed by atoms with van der Waals surface area (Å²) in [6.07, 6.45) is 4.85. The summed E-state index contributed by atoms with van der Waals surface area (Å²) >= 11 is 0. The van der Waals surface area contributed by atoms with Crippen molar-refractivity contribution in [3.8, 4) is 0 Å². The Balaban J connectivity index is 1.86. The zero-order valence-corrected chi connectivity index (χ0v) is 11.7. The molecule has 0 aromatic heterocycles. The van der Waals surface area contributed by atoms with Crippen LogP contribution in [0.2, 0.25) is 0 Å². The molecule has 1 heterocycles. The van der Waals surface area contributed by atoms with Gasteiger partial charge in [-0.05, 0) is 44.6 Å². The van der Waals surface area contributed by atoms with E-state index < -0.39 is 0 Å². The number of hydrogen-bond acceptors (Lipinski definition) is 3. The van der Waals surface area contributed by atoms with Crippen molar-refractivity contribution in [1.29, 1.82) is 0 Å². The van der Waals surface area contributed by atoms with E-state index in [9.17, 15) is 4.79 Å². The van der Waals surface area contributed by atoms with Crippen LogP contribution in [0.1, 0.15) is 39.5 Å². The molecule has 0 radical (unpaired) electrons. The average Bonchev–Trinajstić information content (AvgIpc) is 3.14. The Labute approximate surface area is 110 Å². The molecular formula is C14H27N3O. The molecule has 1 aliphatic heterocycles. The van der Waals surface area contributed by atoms with Gasteiger partial charge < -0.3 is 11.1 Å². The van der Waals surface area contributed by atoms with E-state index in [4.69, 9.17) is 5.73 Å². The minimum atomic E-state index is 0.162. The first kappa shape index (κ1) is 13.8. The zero-order chi connectivity index (χ0) is 13.2. The monoisotopic (exact) mass is 253 g/mol. The normalized spacial score (nSPS) is 28.7. The Kier molecular flexibility index (Phi) is 4.28. The highest BCUT2D eigenvalue weighted by Gasteiger charge is 2.45. The molecule has 18 heavy (non-hydrogen) atoms. The number of likely N-dealkylation sites (tertiary alicyclic amines) is 1. The molecule has 1 amide bonds. The van der Waals surface area contributed by atoms with Crippen LogP contribution in [0.4, 0.5) is 0 Å². The molecule has 1 saturated carbocycles. The van der Waals surface area contributed by atoms with E-state index in [1.54, 1.807) is 0 Å². The number of nitrogens with zero attached hydrogens (tertiary/aromatic N) is 1. The van der Waals surface area contributed by atoms with E-state index in [-0.39, 0.29) is 11.8 Å². The first-order valence-corrected chi connectivity index (χ1v) is 7.28. The van der Waals surface area contributed by atoms with Crippen LogP contribution in [0.15, 0.2) is 0 Å². The average molecular weight is 253 g/mol. The summed E-state index contributed by atoms with van der Waals surface area (Å²) in [5.74, 6) is 0.355. The lowest BCUT2D eigenvalue weighted by Gasteiger charge is -2.39. The SMILES string of the molecule is CC(N1CCCC(C(=O)NCCN)C1)C1(C)CC1. The first-order chi connectivity index (χ1) is 8.57. The number of rotatable bonds is 5. The molecule has 2 aliphatic rings. The zero-order valence-electron chi connectivity index (χ0n) is 11.7. The molecule has 104 valence electrons. The van der Waals surface area contributed by atoms with E-state index in [1.165, 1.54) is 12.8 Å². The van der Waals surface area contributed by atoms with Gasteiger partial charge in [0.05, 0.1) is 5.92 Å². The molecule has 2 fully saturated rings. The third-order valence-corrected chi connectivity index (χ3v) is 4.86. The van der Waals surface area contributed by atoms with E-state index in [2.05, 4.69) is 24.1 Å². The number of hydrogen-bond donors (Lipinski definition) is 2. The predicted octanol–water partition coefficient (Wildman–Crippen LogP) is 0.962. The maximum absolute atomic E-state index is 12.0. The molecule has 0 bridgehead atoms.